The topological polar surface area (TPSA) is 90.4 Å². The number of nitrogen functional groups attached to an aromatic ring is 1. The molecular formula is C13H21N3O3. The summed E-state index contributed by atoms with van der Waals surface area (Å²) in [6, 6.07) is 1.51. The van der Waals surface area contributed by atoms with Gasteiger partial charge in [-0.25, -0.2) is 4.79 Å². The molecule has 0 radical (unpaired) electrons. The standard InChI is InChI=1S/C13H21N3O3/c1-4-9(2)12(19-3)10(17)5-7-16-8-6-11(14)15-13(16)18/h5-10,12,17H,4H2,1-3H3,(H2,14,15,18)/b7-5-/t9?,10-,12?/m1/s1. The van der Waals surface area contributed by atoms with Gasteiger partial charge in [0.05, 0.1) is 6.10 Å². The second-order valence-electron chi connectivity index (χ2n) is 4.46. The summed E-state index contributed by atoms with van der Waals surface area (Å²) in [4.78, 5) is 15.1. The Labute approximate surface area is 112 Å². The number of rotatable bonds is 6. The van der Waals surface area contributed by atoms with E-state index < -0.39 is 11.8 Å². The van der Waals surface area contributed by atoms with Crippen molar-refractivity contribution in [3.8, 4) is 0 Å². The lowest BCUT2D eigenvalue weighted by molar-refractivity contribution is -0.0209. The monoisotopic (exact) mass is 267 g/mol. The van der Waals surface area contributed by atoms with Crippen molar-refractivity contribution in [2.24, 2.45) is 5.92 Å². The van der Waals surface area contributed by atoms with Crippen LogP contribution in [-0.2, 0) is 4.74 Å². The van der Waals surface area contributed by atoms with Crippen LogP contribution in [0.15, 0.2) is 23.1 Å². The number of aliphatic hydroxyl groups excluding tert-OH is 1. The van der Waals surface area contributed by atoms with Gasteiger partial charge in [-0.1, -0.05) is 20.3 Å². The molecular weight excluding hydrogens is 246 g/mol. The van der Waals surface area contributed by atoms with Crippen LogP contribution in [0.1, 0.15) is 20.3 Å². The maximum atomic E-state index is 11.5. The maximum absolute atomic E-state index is 11.5. The van der Waals surface area contributed by atoms with Crippen LogP contribution in [0.5, 0.6) is 0 Å². The van der Waals surface area contributed by atoms with Gasteiger partial charge in [0.1, 0.15) is 11.9 Å². The Kier molecular flexibility index (Phi) is 5.72. The van der Waals surface area contributed by atoms with Crippen LogP contribution in [0.25, 0.3) is 6.20 Å². The van der Waals surface area contributed by atoms with E-state index in [9.17, 15) is 9.90 Å². The van der Waals surface area contributed by atoms with Gasteiger partial charge in [0.25, 0.3) is 0 Å². The number of methoxy groups -OCH3 is 1. The average molecular weight is 267 g/mol. The van der Waals surface area contributed by atoms with E-state index in [-0.39, 0.29) is 17.8 Å². The van der Waals surface area contributed by atoms with Gasteiger partial charge in [-0.05, 0) is 18.1 Å². The molecule has 0 saturated carbocycles. The molecule has 106 valence electrons. The summed E-state index contributed by atoms with van der Waals surface area (Å²) in [5.74, 6) is 0.385. The molecule has 0 fully saturated rings. The number of nitrogens with zero attached hydrogens (tertiary/aromatic N) is 2. The third-order valence-electron chi connectivity index (χ3n) is 3.11. The van der Waals surface area contributed by atoms with Crippen molar-refractivity contribution in [2.45, 2.75) is 32.5 Å². The highest BCUT2D eigenvalue weighted by atomic mass is 16.5. The summed E-state index contributed by atoms with van der Waals surface area (Å²) in [5.41, 5.74) is 4.91. The molecule has 3 atom stereocenters. The smallest absolute Gasteiger partial charge is 0.353 e. The predicted molar refractivity (Wildman–Crippen MR) is 74.5 cm³/mol. The molecule has 6 nitrogen and oxygen atoms in total. The second-order valence-corrected chi connectivity index (χ2v) is 4.46. The Morgan fingerprint density at radius 3 is 2.84 bits per heavy atom. The van der Waals surface area contributed by atoms with Gasteiger partial charge in [-0.15, -0.1) is 0 Å². The molecule has 19 heavy (non-hydrogen) atoms. The molecule has 0 bridgehead atoms. The first-order chi connectivity index (χ1) is 8.99. The van der Waals surface area contributed by atoms with Crippen LogP contribution in [0.2, 0.25) is 0 Å². The van der Waals surface area contributed by atoms with Crippen LogP contribution in [0, 0.1) is 5.92 Å². The largest absolute Gasteiger partial charge is 0.386 e. The van der Waals surface area contributed by atoms with E-state index in [0.29, 0.717) is 0 Å². The molecule has 0 amide bonds. The van der Waals surface area contributed by atoms with E-state index in [4.69, 9.17) is 10.5 Å². The Balaban J connectivity index is 2.82. The lowest BCUT2D eigenvalue weighted by Crippen LogP contribution is -2.32. The summed E-state index contributed by atoms with van der Waals surface area (Å²) in [6.07, 6.45) is 4.28. The fourth-order valence-corrected chi connectivity index (χ4v) is 1.77. The van der Waals surface area contributed by atoms with E-state index >= 15 is 0 Å². The Morgan fingerprint density at radius 1 is 1.63 bits per heavy atom. The van der Waals surface area contributed by atoms with Crippen LogP contribution in [0.4, 0.5) is 5.82 Å². The lowest BCUT2D eigenvalue weighted by atomic mass is 9.97. The first-order valence-electron chi connectivity index (χ1n) is 6.23. The number of ether oxygens (including phenoxy) is 1. The van der Waals surface area contributed by atoms with Crippen LogP contribution in [-0.4, -0.2) is 34.0 Å². The summed E-state index contributed by atoms with van der Waals surface area (Å²) >= 11 is 0. The Hall–Kier alpha value is -1.66. The summed E-state index contributed by atoms with van der Waals surface area (Å²) < 4.78 is 6.53. The minimum absolute atomic E-state index is 0.171. The van der Waals surface area contributed by atoms with E-state index in [1.54, 1.807) is 7.11 Å². The molecule has 0 spiro atoms. The first-order valence-corrected chi connectivity index (χ1v) is 6.23. The van der Waals surface area contributed by atoms with E-state index in [2.05, 4.69) is 4.98 Å². The highest BCUT2D eigenvalue weighted by Crippen LogP contribution is 2.15. The molecule has 1 aromatic rings. The SMILES string of the molecule is CCC(C)C(OC)[C@H](O)/C=C\n1ccc(N)nc1=O. The van der Waals surface area contributed by atoms with Gasteiger partial charge >= 0.3 is 5.69 Å². The minimum Gasteiger partial charge on any atom is -0.386 e. The van der Waals surface area contributed by atoms with Crippen LogP contribution >= 0.6 is 0 Å². The Bertz CT molecular complexity index is 484. The summed E-state index contributed by atoms with van der Waals surface area (Å²) in [6.45, 7) is 4.03. The highest BCUT2D eigenvalue weighted by molar-refractivity contribution is 5.29. The number of hydrogen-bond acceptors (Lipinski definition) is 5. The van der Waals surface area contributed by atoms with Crippen molar-refractivity contribution in [1.29, 1.82) is 0 Å². The predicted octanol–water partition coefficient (Wildman–Crippen LogP) is 0.718. The zero-order chi connectivity index (χ0) is 14.4. The molecule has 0 aliphatic rings. The minimum atomic E-state index is -0.788. The zero-order valence-electron chi connectivity index (χ0n) is 11.5. The van der Waals surface area contributed by atoms with Crippen molar-refractivity contribution in [2.75, 3.05) is 12.8 Å². The van der Waals surface area contributed by atoms with Crippen molar-refractivity contribution >= 4 is 12.0 Å². The van der Waals surface area contributed by atoms with Crippen molar-refractivity contribution in [1.82, 2.24) is 9.55 Å². The van der Waals surface area contributed by atoms with Gasteiger partial charge in [-0.3, -0.25) is 4.57 Å². The maximum Gasteiger partial charge on any atom is 0.353 e. The highest BCUT2D eigenvalue weighted by Gasteiger charge is 2.21. The quantitative estimate of drug-likeness (QED) is 0.792. The lowest BCUT2D eigenvalue weighted by Gasteiger charge is -2.24. The molecule has 0 aliphatic heterocycles. The van der Waals surface area contributed by atoms with Crippen molar-refractivity contribution < 1.29 is 9.84 Å². The first kappa shape index (κ1) is 15.4. The molecule has 1 rings (SSSR count). The summed E-state index contributed by atoms with van der Waals surface area (Å²) in [7, 11) is 1.56. The number of aliphatic hydroxyl groups is 1. The fourth-order valence-electron chi connectivity index (χ4n) is 1.77. The molecule has 3 N–H and O–H groups in total. The number of hydrogen-bond donors (Lipinski definition) is 2. The molecule has 0 saturated heterocycles. The number of nitrogens with two attached hydrogens (primary N) is 1. The second kappa shape index (κ2) is 7.06. The molecule has 1 heterocycles. The fraction of sp³-hybridized carbons (Fsp3) is 0.538. The molecule has 2 unspecified atom stereocenters. The van der Waals surface area contributed by atoms with E-state index in [1.807, 2.05) is 13.8 Å². The third-order valence-corrected chi connectivity index (χ3v) is 3.11. The van der Waals surface area contributed by atoms with Gasteiger partial charge in [-0.2, -0.15) is 4.98 Å². The molecule has 0 aromatic carbocycles. The molecule has 0 aliphatic carbocycles. The average Bonchev–Trinajstić information content (AvgIpc) is 2.38. The van der Waals surface area contributed by atoms with Gasteiger partial charge in [0.15, 0.2) is 0 Å². The molecule has 1 aromatic heterocycles. The van der Waals surface area contributed by atoms with Crippen LogP contribution < -0.4 is 11.4 Å². The number of aromatic nitrogens is 2. The number of anilines is 1. The van der Waals surface area contributed by atoms with Crippen molar-refractivity contribution in [3.63, 3.8) is 0 Å². The van der Waals surface area contributed by atoms with Gasteiger partial charge in [0.2, 0.25) is 0 Å². The third kappa shape index (κ3) is 4.18. The van der Waals surface area contributed by atoms with Crippen LogP contribution in [0.3, 0.4) is 0 Å². The normalized spacial score (nSPS) is 16.4. The van der Waals surface area contributed by atoms with E-state index in [1.165, 1.54) is 29.1 Å². The van der Waals surface area contributed by atoms with Gasteiger partial charge in [0, 0.05) is 19.5 Å². The Morgan fingerprint density at radius 2 is 2.32 bits per heavy atom. The summed E-state index contributed by atoms with van der Waals surface area (Å²) in [5, 5.41) is 10.0. The van der Waals surface area contributed by atoms with Gasteiger partial charge < -0.3 is 15.6 Å². The zero-order valence-corrected chi connectivity index (χ0v) is 11.5. The van der Waals surface area contributed by atoms with Crippen molar-refractivity contribution in [3.05, 3.63) is 28.8 Å². The van der Waals surface area contributed by atoms with E-state index in [0.717, 1.165) is 6.42 Å². The molecule has 6 heteroatoms.